The van der Waals surface area contributed by atoms with Crippen LogP contribution in [-0.4, -0.2) is 11.3 Å². The van der Waals surface area contributed by atoms with E-state index in [9.17, 15) is 4.79 Å². The van der Waals surface area contributed by atoms with Gasteiger partial charge in [0.15, 0.2) is 5.78 Å². The Morgan fingerprint density at radius 1 is 1.17 bits per heavy atom. The summed E-state index contributed by atoms with van der Waals surface area (Å²) >= 11 is 1.69. The van der Waals surface area contributed by atoms with Crippen molar-refractivity contribution >= 4 is 28.5 Å². The van der Waals surface area contributed by atoms with Crippen LogP contribution in [0, 0.1) is 0 Å². The first-order valence-electron chi connectivity index (χ1n) is 8.81. The van der Waals surface area contributed by atoms with E-state index in [4.69, 9.17) is 0 Å². The minimum Gasteiger partial charge on any atom is -0.327 e. The van der Waals surface area contributed by atoms with Gasteiger partial charge in [0.2, 0.25) is 0 Å². The zero-order valence-electron chi connectivity index (χ0n) is 14.3. The normalized spacial score (nSPS) is 19.5. The lowest BCUT2D eigenvalue weighted by molar-refractivity contribution is -0.118. The Labute approximate surface area is 147 Å². The Morgan fingerprint density at radius 2 is 1.96 bits per heavy atom. The van der Waals surface area contributed by atoms with Crippen LogP contribution in [0.5, 0.6) is 0 Å². The molecule has 1 spiro atoms. The van der Waals surface area contributed by atoms with Gasteiger partial charge < -0.3 is 4.90 Å². The predicted octanol–water partition coefficient (Wildman–Crippen LogP) is 5.61. The van der Waals surface area contributed by atoms with E-state index < -0.39 is 0 Å². The number of ketones is 1. The summed E-state index contributed by atoms with van der Waals surface area (Å²) in [4.78, 5) is 15.3. The highest BCUT2D eigenvalue weighted by Crippen LogP contribution is 2.48. The van der Waals surface area contributed by atoms with Crippen LogP contribution >= 0.6 is 11.3 Å². The summed E-state index contributed by atoms with van der Waals surface area (Å²) < 4.78 is 0. The van der Waals surface area contributed by atoms with Crippen molar-refractivity contribution in [3.63, 3.8) is 0 Å². The van der Waals surface area contributed by atoms with Crippen molar-refractivity contribution in [1.82, 2.24) is 0 Å². The molecule has 1 aliphatic carbocycles. The SMILES string of the molecule is CC(C)c1cccc(N2C(c3ccsc3)=CC(=O)C23CCCC3)c1. The third-order valence-electron chi connectivity index (χ3n) is 5.44. The fraction of sp³-hybridized carbons (Fsp3) is 0.381. The quantitative estimate of drug-likeness (QED) is 0.725. The largest absolute Gasteiger partial charge is 0.327 e. The average Bonchev–Trinajstić information content (AvgIpc) is 3.31. The van der Waals surface area contributed by atoms with E-state index in [1.165, 1.54) is 5.56 Å². The van der Waals surface area contributed by atoms with Crippen LogP contribution in [0.15, 0.2) is 47.2 Å². The van der Waals surface area contributed by atoms with Crippen LogP contribution < -0.4 is 4.90 Å². The molecule has 0 atom stereocenters. The first kappa shape index (κ1) is 15.6. The van der Waals surface area contributed by atoms with E-state index in [1.807, 2.05) is 6.08 Å². The number of hydrogen-bond acceptors (Lipinski definition) is 3. The van der Waals surface area contributed by atoms with Crippen molar-refractivity contribution in [2.45, 2.75) is 51.0 Å². The van der Waals surface area contributed by atoms with E-state index in [1.54, 1.807) is 11.3 Å². The molecule has 1 aromatic heterocycles. The second-order valence-corrected chi connectivity index (χ2v) is 8.01. The van der Waals surface area contributed by atoms with E-state index in [0.29, 0.717) is 5.92 Å². The molecule has 0 N–H and O–H groups in total. The summed E-state index contributed by atoms with van der Waals surface area (Å²) in [5.41, 5.74) is 4.36. The standard InChI is InChI=1S/C21H23NOS/c1-15(2)16-6-5-7-18(12-16)22-19(17-8-11-24-14-17)13-20(23)21(22)9-3-4-10-21/h5-8,11-15H,3-4,9-10H2,1-2H3. The van der Waals surface area contributed by atoms with Crippen LogP contribution in [-0.2, 0) is 4.79 Å². The van der Waals surface area contributed by atoms with Gasteiger partial charge in [-0.3, -0.25) is 4.79 Å². The summed E-state index contributed by atoms with van der Waals surface area (Å²) in [5, 5.41) is 4.23. The fourth-order valence-electron chi connectivity index (χ4n) is 4.13. The molecule has 1 aliphatic heterocycles. The molecular weight excluding hydrogens is 314 g/mol. The molecule has 2 nitrogen and oxygen atoms in total. The van der Waals surface area contributed by atoms with Gasteiger partial charge in [0.25, 0.3) is 0 Å². The summed E-state index contributed by atoms with van der Waals surface area (Å²) in [6.07, 6.45) is 6.08. The smallest absolute Gasteiger partial charge is 0.183 e. The minimum atomic E-state index is -0.354. The zero-order valence-corrected chi connectivity index (χ0v) is 15.1. The predicted molar refractivity (Wildman–Crippen MR) is 102 cm³/mol. The van der Waals surface area contributed by atoms with Crippen molar-refractivity contribution < 1.29 is 4.79 Å². The summed E-state index contributed by atoms with van der Waals surface area (Å²) in [6, 6.07) is 10.9. The highest BCUT2D eigenvalue weighted by molar-refractivity contribution is 7.08. The maximum Gasteiger partial charge on any atom is 0.183 e. The second kappa shape index (κ2) is 5.89. The number of benzene rings is 1. The lowest BCUT2D eigenvalue weighted by atomic mass is 9.91. The van der Waals surface area contributed by atoms with Gasteiger partial charge >= 0.3 is 0 Å². The molecule has 0 bridgehead atoms. The molecule has 1 aromatic carbocycles. The maximum atomic E-state index is 13.0. The highest BCUT2D eigenvalue weighted by atomic mass is 32.1. The molecule has 1 fully saturated rings. The van der Waals surface area contributed by atoms with E-state index in [0.717, 1.165) is 42.6 Å². The van der Waals surface area contributed by atoms with Gasteiger partial charge in [0, 0.05) is 22.7 Å². The Balaban J connectivity index is 1.85. The van der Waals surface area contributed by atoms with Crippen molar-refractivity contribution in [1.29, 1.82) is 0 Å². The Hall–Kier alpha value is -1.87. The molecule has 2 heterocycles. The van der Waals surface area contributed by atoms with Gasteiger partial charge in [-0.25, -0.2) is 0 Å². The van der Waals surface area contributed by atoms with Gasteiger partial charge in [0.1, 0.15) is 5.54 Å². The molecule has 124 valence electrons. The number of anilines is 1. The topological polar surface area (TPSA) is 20.3 Å². The van der Waals surface area contributed by atoms with Crippen molar-refractivity contribution in [2.75, 3.05) is 4.90 Å². The van der Waals surface area contributed by atoms with Crippen molar-refractivity contribution in [3.05, 3.63) is 58.3 Å². The molecule has 2 aliphatic rings. The maximum absolute atomic E-state index is 13.0. The van der Waals surface area contributed by atoms with Gasteiger partial charge in [-0.2, -0.15) is 11.3 Å². The lowest BCUT2D eigenvalue weighted by Crippen LogP contribution is -2.47. The number of carbonyl (C=O) groups is 1. The lowest BCUT2D eigenvalue weighted by Gasteiger charge is -2.38. The molecule has 0 unspecified atom stereocenters. The monoisotopic (exact) mass is 337 g/mol. The third-order valence-corrected chi connectivity index (χ3v) is 6.12. The van der Waals surface area contributed by atoms with Crippen LogP contribution in [0.25, 0.3) is 5.70 Å². The van der Waals surface area contributed by atoms with Gasteiger partial charge in [-0.05, 0) is 47.9 Å². The van der Waals surface area contributed by atoms with E-state index >= 15 is 0 Å². The molecule has 3 heteroatoms. The summed E-state index contributed by atoms with van der Waals surface area (Å²) in [6.45, 7) is 4.43. The molecule has 0 radical (unpaired) electrons. The second-order valence-electron chi connectivity index (χ2n) is 7.23. The molecule has 0 amide bonds. The molecular formula is C21H23NOS. The van der Waals surface area contributed by atoms with Crippen LogP contribution in [0.2, 0.25) is 0 Å². The minimum absolute atomic E-state index is 0.288. The number of rotatable bonds is 3. The van der Waals surface area contributed by atoms with Crippen LogP contribution in [0.3, 0.4) is 0 Å². The molecule has 1 saturated carbocycles. The van der Waals surface area contributed by atoms with E-state index in [-0.39, 0.29) is 11.3 Å². The number of nitrogens with zero attached hydrogens (tertiary/aromatic N) is 1. The van der Waals surface area contributed by atoms with Gasteiger partial charge in [0.05, 0.1) is 5.70 Å². The fourth-order valence-corrected chi connectivity index (χ4v) is 4.78. The number of thiophene rings is 1. The number of hydrogen-bond donors (Lipinski definition) is 0. The molecule has 0 saturated heterocycles. The molecule has 24 heavy (non-hydrogen) atoms. The highest BCUT2D eigenvalue weighted by Gasteiger charge is 2.50. The Bertz CT molecular complexity index is 782. The zero-order chi connectivity index (χ0) is 16.7. The Morgan fingerprint density at radius 3 is 2.62 bits per heavy atom. The third kappa shape index (κ3) is 2.34. The van der Waals surface area contributed by atoms with E-state index in [2.05, 4.69) is 59.8 Å². The van der Waals surface area contributed by atoms with Crippen LogP contribution in [0.4, 0.5) is 5.69 Å². The van der Waals surface area contributed by atoms with Crippen molar-refractivity contribution in [2.24, 2.45) is 0 Å². The van der Waals surface area contributed by atoms with Gasteiger partial charge in [-0.15, -0.1) is 0 Å². The first-order valence-corrected chi connectivity index (χ1v) is 9.75. The first-order chi connectivity index (χ1) is 11.6. The van der Waals surface area contributed by atoms with Crippen molar-refractivity contribution in [3.8, 4) is 0 Å². The number of carbonyl (C=O) groups excluding carboxylic acids is 1. The Kier molecular flexibility index (Phi) is 3.84. The van der Waals surface area contributed by atoms with Gasteiger partial charge in [-0.1, -0.05) is 38.8 Å². The van der Waals surface area contributed by atoms with Crippen LogP contribution in [0.1, 0.15) is 56.6 Å². The molecule has 4 rings (SSSR count). The molecule has 2 aromatic rings. The summed E-state index contributed by atoms with van der Waals surface area (Å²) in [7, 11) is 0. The average molecular weight is 337 g/mol. The summed E-state index contributed by atoms with van der Waals surface area (Å²) in [5.74, 6) is 0.771.